The second-order valence-corrected chi connectivity index (χ2v) is 5.05. The van der Waals surface area contributed by atoms with E-state index < -0.39 is 0 Å². The highest BCUT2D eigenvalue weighted by molar-refractivity contribution is 5.76. The molecule has 88 valence electrons. The molecule has 1 aliphatic heterocycles. The standard InChI is InChI=1S/C12H24N2O/c1-10(8-11(2)15)14-7-5-6-12(14)9-13(3)4/h10,12H,5-9H2,1-4H3. The summed E-state index contributed by atoms with van der Waals surface area (Å²) in [4.78, 5) is 15.8. The van der Waals surface area contributed by atoms with Crippen molar-refractivity contribution in [3.63, 3.8) is 0 Å². The van der Waals surface area contributed by atoms with Crippen LogP contribution < -0.4 is 0 Å². The Morgan fingerprint density at radius 2 is 2.20 bits per heavy atom. The van der Waals surface area contributed by atoms with Crippen molar-refractivity contribution >= 4 is 5.78 Å². The fourth-order valence-corrected chi connectivity index (χ4v) is 2.59. The third-order valence-electron chi connectivity index (χ3n) is 3.15. The first kappa shape index (κ1) is 12.7. The van der Waals surface area contributed by atoms with Crippen molar-refractivity contribution in [3.8, 4) is 0 Å². The minimum Gasteiger partial charge on any atom is -0.308 e. The van der Waals surface area contributed by atoms with Gasteiger partial charge in [0.05, 0.1) is 0 Å². The van der Waals surface area contributed by atoms with Gasteiger partial charge in [0.25, 0.3) is 0 Å². The van der Waals surface area contributed by atoms with E-state index in [0.717, 1.165) is 13.1 Å². The van der Waals surface area contributed by atoms with Crippen LogP contribution in [0.4, 0.5) is 0 Å². The average Bonchev–Trinajstić information content (AvgIpc) is 2.49. The molecule has 3 heteroatoms. The van der Waals surface area contributed by atoms with E-state index in [9.17, 15) is 4.79 Å². The SMILES string of the molecule is CC(=O)CC(C)N1CCCC1CN(C)C. The van der Waals surface area contributed by atoms with Gasteiger partial charge in [0.1, 0.15) is 5.78 Å². The maximum Gasteiger partial charge on any atom is 0.131 e. The minimum absolute atomic E-state index is 0.304. The van der Waals surface area contributed by atoms with Crippen molar-refractivity contribution in [2.24, 2.45) is 0 Å². The van der Waals surface area contributed by atoms with E-state index in [4.69, 9.17) is 0 Å². The van der Waals surface area contributed by atoms with Gasteiger partial charge in [0.15, 0.2) is 0 Å². The molecule has 1 fully saturated rings. The monoisotopic (exact) mass is 212 g/mol. The van der Waals surface area contributed by atoms with E-state index in [1.54, 1.807) is 6.92 Å². The fraction of sp³-hybridized carbons (Fsp3) is 0.917. The van der Waals surface area contributed by atoms with Crippen LogP contribution >= 0.6 is 0 Å². The van der Waals surface area contributed by atoms with Gasteiger partial charge in [-0.15, -0.1) is 0 Å². The summed E-state index contributed by atoms with van der Waals surface area (Å²) < 4.78 is 0. The van der Waals surface area contributed by atoms with Crippen molar-refractivity contribution in [3.05, 3.63) is 0 Å². The highest BCUT2D eigenvalue weighted by Crippen LogP contribution is 2.21. The van der Waals surface area contributed by atoms with Crippen molar-refractivity contribution < 1.29 is 4.79 Å². The van der Waals surface area contributed by atoms with Gasteiger partial charge < -0.3 is 4.90 Å². The smallest absolute Gasteiger partial charge is 0.131 e. The first-order valence-electron chi connectivity index (χ1n) is 5.90. The van der Waals surface area contributed by atoms with Gasteiger partial charge in [-0.2, -0.15) is 0 Å². The number of hydrogen-bond donors (Lipinski definition) is 0. The van der Waals surface area contributed by atoms with E-state index in [1.807, 2.05) is 0 Å². The minimum atomic E-state index is 0.304. The molecule has 0 aliphatic carbocycles. The van der Waals surface area contributed by atoms with Gasteiger partial charge in [-0.3, -0.25) is 9.69 Å². The topological polar surface area (TPSA) is 23.6 Å². The number of Topliss-reactive ketones (excluding diaryl/α,β-unsaturated/α-hetero) is 1. The summed E-state index contributed by atoms with van der Waals surface area (Å²) in [6.45, 7) is 6.14. The Labute approximate surface area is 93.4 Å². The molecular weight excluding hydrogens is 188 g/mol. The summed E-state index contributed by atoms with van der Waals surface area (Å²) in [6, 6.07) is 1.06. The molecular formula is C12H24N2O. The summed E-state index contributed by atoms with van der Waals surface area (Å²) in [6.07, 6.45) is 3.26. The number of ketones is 1. The van der Waals surface area contributed by atoms with Crippen LogP contribution in [0.1, 0.15) is 33.1 Å². The lowest BCUT2D eigenvalue weighted by Crippen LogP contribution is -2.43. The molecule has 0 saturated carbocycles. The lowest BCUT2D eigenvalue weighted by Gasteiger charge is -2.31. The first-order valence-corrected chi connectivity index (χ1v) is 5.90. The molecule has 0 aromatic rings. The number of nitrogens with zero attached hydrogens (tertiary/aromatic N) is 2. The quantitative estimate of drug-likeness (QED) is 0.688. The van der Waals surface area contributed by atoms with E-state index in [1.165, 1.54) is 12.8 Å². The van der Waals surface area contributed by atoms with Crippen LogP contribution in [0.5, 0.6) is 0 Å². The van der Waals surface area contributed by atoms with Gasteiger partial charge in [-0.1, -0.05) is 0 Å². The second-order valence-electron chi connectivity index (χ2n) is 5.05. The van der Waals surface area contributed by atoms with E-state index in [2.05, 4.69) is 30.8 Å². The number of carbonyl (C=O) groups is 1. The van der Waals surface area contributed by atoms with Crippen molar-refractivity contribution in [2.75, 3.05) is 27.2 Å². The summed E-state index contributed by atoms with van der Waals surface area (Å²) in [5, 5.41) is 0. The molecule has 1 heterocycles. The number of rotatable bonds is 5. The molecule has 2 atom stereocenters. The van der Waals surface area contributed by atoms with Crippen LogP contribution in [0.2, 0.25) is 0 Å². The molecule has 1 rings (SSSR count). The molecule has 0 bridgehead atoms. The average molecular weight is 212 g/mol. The molecule has 0 amide bonds. The Balaban J connectivity index is 2.48. The Kier molecular flexibility index (Phi) is 4.74. The lowest BCUT2D eigenvalue weighted by atomic mass is 10.1. The van der Waals surface area contributed by atoms with Crippen LogP contribution in [0.15, 0.2) is 0 Å². The van der Waals surface area contributed by atoms with E-state index in [0.29, 0.717) is 24.3 Å². The van der Waals surface area contributed by atoms with E-state index >= 15 is 0 Å². The van der Waals surface area contributed by atoms with Crippen LogP contribution in [0.3, 0.4) is 0 Å². The zero-order chi connectivity index (χ0) is 11.4. The largest absolute Gasteiger partial charge is 0.308 e. The highest BCUT2D eigenvalue weighted by atomic mass is 16.1. The highest BCUT2D eigenvalue weighted by Gasteiger charge is 2.28. The molecule has 0 radical (unpaired) electrons. The molecule has 0 spiro atoms. The predicted molar refractivity (Wildman–Crippen MR) is 63.0 cm³/mol. The Morgan fingerprint density at radius 3 is 2.73 bits per heavy atom. The number of carbonyl (C=O) groups excluding carboxylic acids is 1. The molecule has 15 heavy (non-hydrogen) atoms. The van der Waals surface area contributed by atoms with Crippen molar-refractivity contribution in [1.82, 2.24) is 9.80 Å². The summed E-state index contributed by atoms with van der Waals surface area (Å²) >= 11 is 0. The van der Waals surface area contributed by atoms with Gasteiger partial charge >= 0.3 is 0 Å². The Bertz CT molecular complexity index is 216. The molecule has 3 nitrogen and oxygen atoms in total. The summed E-state index contributed by atoms with van der Waals surface area (Å²) in [7, 11) is 4.23. The van der Waals surface area contributed by atoms with Crippen molar-refractivity contribution in [1.29, 1.82) is 0 Å². The molecule has 0 aromatic heterocycles. The van der Waals surface area contributed by atoms with Crippen LogP contribution in [0, 0.1) is 0 Å². The maximum atomic E-state index is 11.1. The van der Waals surface area contributed by atoms with Gasteiger partial charge in [-0.25, -0.2) is 0 Å². The zero-order valence-electron chi connectivity index (χ0n) is 10.5. The number of likely N-dealkylation sites (N-methyl/N-ethyl adjacent to an activating group) is 1. The molecule has 0 aromatic carbocycles. The van der Waals surface area contributed by atoms with Crippen LogP contribution in [-0.2, 0) is 4.79 Å². The summed E-state index contributed by atoms with van der Waals surface area (Å²) in [5.74, 6) is 0.304. The summed E-state index contributed by atoms with van der Waals surface area (Å²) in [5.41, 5.74) is 0. The van der Waals surface area contributed by atoms with E-state index in [-0.39, 0.29) is 0 Å². The Morgan fingerprint density at radius 1 is 1.53 bits per heavy atom. The zero-order valence-corrected chi connectivity index (χ0v) is 10.5. The number of hydrogen-bond acceptors (Lipinski definition) is 3. The normalized spacial score (nSPS) is 24.7. The van der Waals surface area contributed by atoms with Crippen LogP contribution in [0.25, 0.3) is 0 Å². The first-order chi connectivity index (χ1) is 7.00. The lowest BCUT2D eigenvalue weighted by molar-refractivity contribution is -0.118. The van der Waals surface area contributed by atoms with Gasteiger partial charge in [0, 0.05) is 25.0 Å². The molecule has 0 N–H and O–H groups in total. The molecule has 1 aliphatic rings. The van der Waals surface area contributed by atoms with Crippen molar-refractivity contribution in [2.45, 2.75) is 45.2 Å². The third-order valence-corrected chi connectivity index (χ3v) is 3.15. The van der Waals surface area contributed by atoms with Crippen LogP contribution in [-0.4, -0.2) is 54.9 Å². The van der Waals surface area contributed by atoms with Gasteiger partial charge in [0.2, 0.25) is 0 Å². The molecule has 1 saturated heterocycles. The predicted octanol–water partition coefficient (Wildman–Crippen LogP) is 1.38. The maximum absolute atomic E-state index is 11.1. The van der Waals surface area contributed by atoms with Gasteiger partial charge in [-0.05, 0) is 47.3 Å². The third kappa shape index (κ3) is 3.92. The molecule has 2 unspecified atom stereocenters. The Hall–Kier alpha value is -0.410. The number of likely N-dealkylation sites (tertiary alicyclic amines) is 1. The second kappa shape index (κ2) is 5.61. The fourth-order valence-electron chi connectivity index (χ4n) is 2.59.